The van der Waals surface area contributed by atoms with Crippen molar-refractivity contribution in [2.75, 3.05) is 0 Å². The lowest BCUT2D eigenvalue weighted by molar-refractivity contribution is -0.137. The standard InChI is InChI=1S/C21H34O2/c1-3-4-5-11-14-17-20(2)18-15-12-9-7-6-8-10-13-16-19-21(22)23/h7-10,14-15,17-18,20H,3-6,11-13,16,19H2,1-2H3,(H,22,23)/b9-7-,10-8-,17-14-,18-15-. The first-order valence-corrected chi connectivity index (χ1v) is 9.02. The summed E-state index contributed by atoms with van der Waals surface area (Å²) in [5.74, 6) is -0.200. The summed E-state index contributed by atoms with van der Waals surface area (Å²) in [5, 5.41) is 8.51. The minimum Gasteiger partial charge on any atom is -0.481 e. The molecule has 0 aliphatic rings. The Kier molecular flexibility index (Phi) is 15.6. The molecule has 0 heterocycles. The second-order valence-corrected chi connectivity index (χ2v) is 5.91. The van der Waals surface area contributed by atoms with Crippen molar-refractivity contribution in [3.8, 4) is 0 Å². The van der Waals surface area contributed by atoms with Crippen molar-refractivity contribution >= 4 is 5.97 Å². The SMILES string of the molecule is CCCCC/C=C\C(C)/C=C\C/C=C\C/C=C\CCCC(=O)O. The average Bonchev–Trinajstić information content (AvgIpc) is 2.52. The summed E-state index contributed by atoms with van der Waals surface area (Å²) in [6, 6.07) is 0. The molecule has 2 heteroatoms. The van der Waals surface area contributed by atoms with Crippen molar-refractivity contribution in [1.82, 2.24) is 0 Å². The van der Waals surface area contributed by atoms with Crippen molar-refractivity contribution < 1.29 is 9.90 Å². The maximum absolute atomic E-state index is 10.3. The van der Waals surface area contributed by atoms with Crippen LogP contribution in [-0.2, 0) is 4.79 Å². The lowest BCUT2D eigenvalue weighted by atomic mass is 10.1. The second kappa shape index (κ2) is 16.8. The third-order valence-corrected chi connectivity index (χ3v) is 3.49. The number of rotatable bonds is 14. The predicted molar refractivity (Wildman–Crippen MR) is 101 cm³/mol. The Hall–Kier alpha value is -1.57. The first-order chi connectivity index (χ1) is 11.2. The summed E-state index contributed by atoms with van der Waals surface area (Å²) >= 11 is 0. The van der Waals surface area contributed by atoms with Gasteiger partial charge in [0.15, 0.2) is 0 Å². The van der Waals surface area contributed by atoms with Gasteiger partial charge in [0, 0.05) is 6.42 Å². The van der Waals surface area contributed by atoms with Crippen LogP contribution in [0.15, 0.2) is 48.6 Å². The minimum atomic E-state index is -0.713. The third kappa shape index (κ3) is 18.4. The molecule has 0 rings (SSSR count). The summed E-state index contributed by atoms with van der Waals surface area (Å²) in [4.78, 5) is 10.3. The Morgan fingerprint density at radius 1 is 0.870 bits per heavy atom. The molecule has 0 aliphatic heterocycles. The zero-order valence-corrected chi connectivity index (χ0v) is 14.9. The smallest absolute Gasteiger partial charge is 0.303 e. The second-order valence-electron chi connectivity index (χ2n) is 5.91. The van der Waals surface area contributed by atoms with E-state index < -0.39 is 5.97 Å². The van der Waals surface area contributed by atoms with Gasteiger partial charge in [-0.15, -0.1) is 0 Å². The van der Waals surface area contributed by atoms with Gasteiger partial charge in [-0.3, -0.25) is 4.79 Å². The molecule has 0 aliphatic carbocycles. The van der Waals surface area contributed by atoms with Crippen LogP contribution in [0.4, 0.5) is 0 Å². The fourth-order valence-electron chi connectivity index (χ4n) is 2.12. The van der Waals surface area contributed by atoms with E-state index in [1.165, 1.54) is 25.7 Å². The average molecular weight is 319 g/mol. The number of carbonyl (C=O) groups is 1. The fraction of sp³-hybridized carbons (Fsp3) is 0.571. The summed E-state index contributed by atoms with van der Waals surface area (Å²) in [6.07, 6.45) is 26.4. The highest BCUT2D eigenvalue weighted by atomic mass is 16.4. The van der Waals surface area contributed by atoms with Gasteiger partial charge in [-0.2, -0.15) is 0 Å². The first-order valence-electron chi connectivity index (χ1n) is 9.02. The lowest BCUT2D eigenvalue weighted by Gasteiger charge is -1.97. The van der Waals surface area contributed by atoms with Crippen LogP contribution >= 0.6 is 0 Å². The number of allylic oxidation sites excluding steroid dienone is 8. The number of hydrogen-bond acceptors (Lipinski definition) is 1. The molecule has 0 aromatic rings. The maximum atomic E-state index is 10.3. The van der Waals surface area contributed by atoms with E-state index in [9.17, 15) is 4.79 Å². The Morgan fingerprint density at radius 2 is 1.48 bits per heavy atom. The van der Waals surface area contributed by atoms with E-state index in [-0.39, 0.29) is 6.42 Å². The number of carboxylic acids is 1. The zero-order chi connectivity index (χ0) is 17.2. The van der Waals surface area contributed by atoms with Crippen LogP contribution in [0, 0.1) is 5.92 Å². The van der Waals surface area contributed by atoms with Gasteiger partial charge in [0.2, 0.25) is 0 Å². The summed E-state index contributed by atoms with van der Waals surface area (Å²) in [6.45, 7) is 4.45. The third-order valence-electron chi connectivity index (χ3n) is 3.49. The fourth-order valence-corrected chi connectivity index (χ4v) is 2.12. The van der Waals surface area contributed by atoms with Gasteiger partial charge in [-0.1, -0.05) is 75.3 Å². The van der Waals surface area contributed by atoms with E-state index in [0.29, 0.717) is 5.92 Å². The molecule has 0 spiro atoms. The van der Waals surface area contributed by atoms with Gasteiger partial charge >= 0.3 is 5.97 Å². The summed E-state index contributed by atoms with van der Waals surface area (Å²) in [5.41, 5.74) is 0. The molecule has 0 aromatic heterocycles. The Bertz CT molecular complexity index is 389. The van der Waals surface area contributed by atoms with Crippen LogP contribution < -0.4 is 0 Å². The van der Waals surface area contributed by atoms with Crippen molar-refractivity contribution in [3.63, 3.8) is 0 Å². The number of unbranched alkanes of at least 4 members (excludes halogenated alkanes) is 4. The monoisotopic (exact) mass is 318 g/mol. The van der Waals surface area contributed by atoms with Gasteiger partial charge in [0.1, 0.15) is 0 Å². The van der Waals surface area contributed by atoms with Crippen molar-refractivity contribution in [3.05, 3.63) is 48.6 Å². The topological polar surface area (TPSA) is 37.3 Å². The Balaban J connectivity index is 3.60. The van der Waals surface area contributed by atoms with Gasteiger partial charge in [0.25, 0.3) is 0 Å². The van der Waals surface area contributed by atoms with Crippen molar-refractivity contribution in [1.29, 1.82) is 0 Å². The molecule has 1 atom stereocenters. The van der Waals surface area contributed by atoms with E-state index in [1.54, 1.807) is 0 Å². The van der Waals surface area contributed by atoms with Crippen molar-refractivity contribution in [2.45, 2.75) is 71.6 Å². The lowest BCUT2D eigenvalue weighted by Crippen LogP contribution is -1.92. The molecule has 0 radical (unpaired) electrons. The predicted octanol–water partition coefficient (Wildman–Crippen LogP) is 6.46. The van der Waals surface area contributed by atoms with E-state index in [0.717, 1.165) is 25.7 Å². The van der Waals surface area contributed by atoms with Gasteiger partial charge < -0.3 is 5.11 Å². The minimum absolute atomic E-state index is 0.260. The molecule has 2 nitrogen and oxygen atoms in total. The van der Waals surface area contributed by atoms with E-state index in [1.807, 2.05) is 0 Å². The van der Waals surface area contributed by atoms with Crippen LogP contribution in [0.3, 0.4) is 0 Å². The van der Waals surface area contributed by atoms with Gasteiger partial charge in [0.05, 0.1) is 0 Å². The Labute approximate surface area is 142 Å². The van der Waals surface area contributed by atoms with Crippen LogP contribution in [0.1, 0.15) is 71.6 Å². The Morgan fingerprint density at radius 3 is 2.17 bits per heavy atom. The van der Waals surface area contributed by atoms with Crippen molar-refractivity contribution in [2.24, 2.45) is 5.92 Å². The molecule has 0 saturated heterocycles. The largest absolute Gasteiger partial charge is 0.481 e. The van der Waals surface area contributed by atoms with Crippen LogP contribution in [0.2, 0.25) is 0 Å². The van der Waals surface area contributed by atoms with E-state index in [2.05, 4.69) is 62.5 Å². The van der Waals surface area contributed by atoms with Gasteiger partial charge in [-0.25, -0.2) is 0 Å². The quantitative estimate of drug-likeness (QED) is 0.294. The molecule has 0 aromatic carbocycles. The number of aliphatic carboxylic acids is 1. The number of carboxylic acid groups (broad SMARTS) is 1. The molecule has 0 bridgehead atoms. The molecular weight excluding hydrogens is 284 g/mol. The van der Waals surface area contributed by atoms with Gasteiger partial charge in [-0.05, 0) is 44.4 Å². The molecule has 0 saturated carbocycles. The molecule has 130 valence electrons. The summed E-state index contributed by atoms with van der Waals surface area (Å²) in [7, 11) is 0. The maximum Gasteiger partial charge on any atom is 0.303 e. The molecule has 0 fully saturated rings. The van der Waals surface area contributed by atoms with Crippen LogP contribution in [-0.4, -0.2) is 11.1 Å². The molecule has 1 unspecified atom stereocenters. The highest BCUT2D eigenvalue weighted by Gasteiger charge is 1.92. The van der Waals surface area contributed by atoms with E-state index >= 15 is 0 Å². The van der Waals surface area contributed by atoms with E-state index in [4.69, 9.17) is 5.11 Å². The highest BCUT2D eigenvalue weighted by Crippen LogP contribution is 2.05. The normalized spacial score (nSPS) is 13.8. The zero-order valence-electron chi connectivity index (χ0n) is 14.9. The molecule has 0 amide bonds. The number of hydrogen-bond donors (Lipinski definition) is 1. The molecule has 23 heavy (non-hydrogen) atoms. The van der Waals surface area contributed by atoms with Crippen LogP contribution in [0.5, 0.6) is 0 Å². The molecule has 1 N–H and O–H groups in total. The van der Waals surface area contributed by atoms with Crippen LogP contribution in [0.25, 0.3) is 0 Å². The highest BCUT2D eigenvalue weighted by molar-refractivity contribution is 5.66. The molecular formula is C21H34O2. The summed E-state index contributed by atoms with van der Waals surface area (Å²) < 4.78 is 0. The first kappa shape index (κ1) is 21.4.